The van der Waals surface area contributed by atoms with Crippen LogP contribution in [0, 0.1) is 13.8 Å². The van der Waals surface area contributed by atoms with E-state index in [4.69, 9.17) is 0 Å². The van der Waals surface area contributed by atoms with Crippen molar-refractivity contribution in [3.05, 3.63) is 59.2 Å². The van der Waals surface area contributed by atoms with Crippen molar-refractivity contribution in [2.24, 2.45) is 0 Å². The Balaban J connectivity index is 1.46. The lowest BCUT2D eigenvalue weighted by atomic mass is 10.1. The van der Waals surface area contributed by atoms with Crippen LogP contribution in [-0.4, -0.2) is 72.7 Å². The number of hydrogen-bond acceptors (Lipinski definition) is 6. The molecule has 0 spiro atoms. The zero-order chi connectivity index (χ0) is 23.9. The molecule has 0 radical (unpaired) electrons. The first-order valence-corrected chi connectivity index (χ1v) is 12.0. The van der Waals surface area contributed by atoms with E-state index in [1.807, 2.05) is 18.7 Å². The van der Waals surface area contributed by atoms with Gasteiger partial charge in [-0.3, -0.25) is 14.5 Å². The third-order valence-electron chi connectivity index (χ3n) is 6.30. The minimum atomic E-state index is -3.65. The average molecular weight is 472 g/mol. The van der Waals surface area contributed by atoms with Crippen molar-refractivity contribution in [3.8, 4) is 0 Å². The van der Waals surface area contributed by atoms with Crippen LogP contribution in [0.15, 0.2) is 47.4 Å². The topological polar surface area (TPSA) is 115 Å². The number of imide groups is 1. The van der Waals surface area contributed by atoms with Crippen LogP contribution in [0.3, 0.4) is 0 Å². The highest BCUT2D eigenvalue weighted by Gasteiger charge is 2.44. The van der Waals surface area contributed by atoms with Crippen molar-refractivity contribution < 1.29 is 27.9 Å². The van der Waals surface area contributed by atoms with Crippen LogP contribution < -0.4 is 4.90 Å². The van der Waals surface area contributed by atoms with Crippen LogP contribution in [0.25, 0.3) is 0 Å². The summed E-state index contributed by atoms with van der Waals surface area (Å²) in [5.41, 5.74) is 2.13. The highest BCUT2D eigenvalue weighted by molar-refractivity contribution is 7.89. The van der Waals surface area contributed by atoms with Crippen LogP contribution in [0.5, 0.6) is 0 Å². The van der Waals surface area contributed by atoms with E-state index >= 15 is 0 Å². The summed E-state index contributed by atoms with van der Waals surface area (Å²) >= 11 is 0. The lowest BCUT2D eigenvalue weighted by molar-refractivity contribution is -0.123. The number of nitrogens with zero attached hydrogens (tertiary/aromatic N) is 3. The number of rotatable bonds is 5. The molecular formula is C23H25N3O6S. The maximum absolute atomic E-state index is 13.1. The zero-order valence-corrected chi connectivity index (χ0v) is 19.2. The first kappa shape index (κ1) is 23.1. The van der Waals surface area contributed by atoms with Gasteiger partial charge < -0.3 is 5.11 Å². The van der Waals surface area contributed by atoms with Gasteiger partial charge in [0.2, 0.25) is 15.9 Å². The highest BCUT2D eigenvalue weighted by atomic mass is 32.2. The summed E-state index contributed by atoms with van der Waals surface area (Å²) in [6.45, 7) is 4.84. The molecule has 2 aliphatic heterocycles. The maximum atomic E-state index is 13.1. The van der Waals surface area contributed by atoms with Crippen molar-refractivity contribution in [1.29, 1.82) is 0 Å². The van der Waals surface area contributed by atoms with Gasteiger partial charge in [-0.15, -0.1) is 0 Å². The monoisotopic (exact) mass is 471 g/mol. The quantitative estimate of drug-likeness (QED) is 0.659. The van der Waals surface area contributed by atoms with Crippen LogP contribution in [-0.2, 0) is 19.6 Å². The molecular weight excluding hydrogens is 446 g/mol. The van der Waals surface area contributed by atoms with Gasteiger partial charge in [-0.2, -0.15) is 4.31 Å². The number of aryl methyl sites for hydroxylation is 2. The molecule has 0 bridgehead atoms. The molecule has 174 valence electrons. The van der Waals surface area contributed by atoms with Crippen molar-refractivity contribution in [2.75, 3.05) is 31.1 Å². The molecule has 2 saturated heterocycles. The summed E-state index contributed by atoms with van der Waals surface area (Å²) in [5, 5.41) is 9.19. The summed E-state index contributed by atoms with van der Waals surface area (Å²) in [7, 11) is -3.65. The zero-order valence-electron chi connectivity index (χ0n) is 18.4. The number of piperazine rings is 1. The van der Waals surface area contributed by atoms with Crippen molar-refractivity contribution in [2.45, 2.75) is 31.2 Å². The Morgan fingerprint density at radius 3 is 2.30 bits per heavy atom. The van der Waals surface area contributed by atoms with Gasteiger partial charge in [0.15, 0.2) is 0 Å². The predicted octanol–water partition coefficient (Wildman–Crippen LogP) is 1.64. The molecule has 1 N–H and O–H groups in total. The predicted molar refractivity (Wildman–Crippen MR) is 121 cm³/mol. The van der Waals surface area contributed by atoms with Crippen LogP contribution in [0.2, 0.25) is 0 Å². The molecule has 33 heavy (non-hydrogen) atoms. The van der Waals surface area contributed by atoms with Crippen LogP contribution >= 0.6 is 0 Å². The Labute approximate surface area is 192 Å². The molecule has 2 aromatic carbocycles. The summed E-state index contributed by atoms with van der Waals surface area (Å²) < 4.78 is 27.5. The Morgan fingerprint density at radius 1 is 0.970 bits per heavy atom. The first-order valence-electron chi connectivity index (χ1n) is 10.6. The van der Waals surface area contributed by atoms with Crippen molar-refractivity contribution in [1.82, 2.24) is 9.21 Å². The number of carboxylic acids is 1. The highest BCUT2D eigenvalue weighted by Crippen LogP contribution is 2.28. The second-order valence-electron chi connectivity index (χ2n) is 8.33. The molecule has 2 aromatic rings. The van der Waals surface area contributed by atoms with Crippen LogP contribution in [0.4, 0.5) is 5.69 Å². The standard InChI is InChI=1S/C23H25N3O6S/c1-15-6-7-19(12-16(15)2)33(31,32)25-10-8-24(9-11-25)20-14-21(27)26(22(20)28)18-5-3-4-17(13-18)23(29)30/h3-7,12-13,20H,8-11,14H2,1-2H3,(H,29,30)/t20-/m1/s1. The lowest BCUT2D eigenvalue weighted by Crippen LogP contribution is -2.53. The van der Waals surface area contributed by atoms with E-state index in [1.165, 1.54) is 28.6 Å². The molecule has 1 atom stereocenters. The number of aromatic carboxylic acids is 1. The molecule has 0 saturated carbocycles. The fourth-order valence-corrected chi connectivity index (χ4v) is 5.74. The van der Waals surface area contributed by atoms with Crippen LogP contribution in [0.1, 0.15) is 27.9 Å². The molecule has 2 heterocycles. The smallest absolute Gasteiger partial charge is 0.335 e. The van der Waals surface area contributed by atoms with E-state index in [0.29, 0.717) is 13.1 Å². The van der Waals surface area contributed by atoms with E-state index in [9.17, 15) is 27.9 Å². The second kappa shape index (κ2) is 8.69. The van der Waals surface area contributed by atoms with Gasteiger partial charge in [0, 0.05) is 26.2 Å². The van der Waals surface area contributed by atoms with E-state index in [2.05, 4.69) is 0 Å². The van der Waals surface area contributed by atoms with E-state index in [-0.39, 0.29) is 35.7 Å². The fourth-order valence-electron chi connectivity index (χ4n) is 4.23. The summed E-state index contributed by atoms with van der Waals surface area (Å²) in [5.74, 6) is -1.97. The summed E-state index contributed by atoms with van der Waals surface area (Å²) in [4.78, 5) is 40.0. The molecule has 0 unspecified atom stereocenters. The normalized spacial score (nSPS) is 20.4. The van der Waals surface area contributed by atoms with Gasteiger partial charge in [-0.25, -0.2) is 18.1 Å². The van der Waals surface area contributed by atoms with Gasteiger partial charge in [-0.1, -0.05) is 12.1 Å². The van der Waals surface area contributed by atoms with E-state index in [0.717, 1.165) is 16.0 Å². The number of anilines is 1. The summed E-state index contributed by atoms with van der Waals surface area (Å²) in [6.07, 6.45) is -0.0277. The molecule has 4 rings (SSSR count). The Kier molecular flexibility index (Phi) is 6.08. The summed E-state index contributed by atoms with van der Waals surface area (Å²) in [6, 6.07) is 10.1. The van der Waals surface area contributed by atoms with Crippen molar-refractivity contribution in [3.63, 3.8) is 0 Å². The van der Waals surface area contributed by atoms with Gasteiger partial charge in [0.25, 0.3) is 5.91 Å². The van der Waals surface area contributed by atoms with Gasteiger partial charge >= 0.3 is 5.97 Å². The third kappa shape index (κ3) is 4.29. The number of benzene rings is 2. The number of hydrogen-bond donors (Lipinski definition) is 1. The second-order valence-corrected chi connectivity index (χ2v) is 10.3. The number of carbonyl (C=O) groups is 3. The van der Waals surface area contributed by atoms with E-state index in [1.54, 1.807) is 18.2 Å². The number of sulfonamides is 1. The molecule has 10 heteroatoms. The molecule has 2 amide bonds. The minimum Gasteiger partial charge on any atom is -0.478 e. The molecule has 2 fully saturated rings. The Morgan fingerprint density at radius 2 is 1.67 bits per heavy atom. The number of carboxylic acid groups (broad SMARTS) is 1. The van der Waals surface area contributed by atoms with E-state index < -0.39 is 33.8 Å². The van der Waals surface area contributed by atoms with Gasteiger partial charge in [0.1, 0.15) is 0 Å². The fraction of sp³-hybridized carbons (Fsp3) is 0.348. The average Bonchev–Trinajstić information content (AvgIpc) is 3.09. The maximum Gasteiger partial charge on any atom is 0.335 e. The SMILES string of the molecule is Cc1ccc(S(=O)(=O)N2CCN([C@@H]3CC(=O)N(c4cccc(C(=O)O)c4)C3=O)CC2)cc1C. The third-order valence-corrected chi connectivity index (χ3v) is 8.20. The molecule has 0 aromatic heterocycles. The largest absolute Gasteiger partial charge is 0.478 e. The lowest BCUT2D eigenvalue weighted by Gasteiger charge is -2.36. The van der Waals surface area contributed by atoms with Gasteiger partial charge in [0.05, 0.1) is 28.6 Å². The Hall–Kier alpha value is -3.08. The van der Waals surface area contributed by atoms with Gasteiger partial charge in [-0.05, 0) is 55.3 Å². The Bertz CT molecular complexity index is 1230. The number of carbonyl (C=O) groups excluding carboxylic acids is 2. The van der Waals surface area contributed by atoms with Crippen molar-refractivity contribution >= 4 is 33.5 Å². The molecule has 9 nitrogen and oxygen atoms in total. The number of amides is 2. The molecule has 2 aliphatic rings. The molecule has 0 aliphatic carbocycles. The minimum absolute atomic E-state index is 0.0123. The first-order chi connectivity index (χ1) is 15.6.